The number of para-hydroxylation sites is 1. The van der Waals surface area contributed by atoms with Crippen molar-refractivity contribution in [2.45, 2.75) is 31.7 Å². The Hall–Kier alpha value is -2.89. The molecule has 6 nitrogen and oxygen atoms in total. The van der Waals surface area contributed by atoms with Gasteiger partial charge in [0.1, 0.15) is 5.75 Å². The molecule has 2 aromatic rings. The first-order chi connectivity index (χ1) is 14.2. The maximum absolute atomic E-state index is 13.1. The third kappa shape index (κ3) is 4.42. The smallest absolute Gasteiger partial charge is 0.225 e. The second kappa shape index (κ2) is 8.64. The number of methoxy groups -OCH3 is 1. The molecule has 0 radical (unpaired) electrons. The van der Waals surface area contributed by atoms with Crippen LogP contribution in [-0.2, 0) is 9.59 Å². The lowest BCUT2D eigenvalue weighted by atomic mass is 9.94. The zero-order chi connectivity index (χ0) is 20.2. The van der Waals surface area contributed by atoms with Crippen LogP contribution in [0, 0.1) is 11.8 Å². The first-order valence-electron chi connectivity index (χ1n) is 10.3. The van der Waals surface area contributed by atoms with Gasteiger partial charge in [0.15, 0.2) is 0 Å². The van der Waals surface area contributed by atoms with E-state index in [1.165, 1.54) is 0 Å². The third-order valence-corrected chi connectivity index (χ3v) is 5.82. The van der Waals surface area contributed by atoms with Crippen LogP contribution in [0.15, 0.2) is 48.7 Å². The topological polar surface area (TPSA) is 71.5 Å². The van der Waals surface area contributed by atoms with Crippen molar-refractivity contribution < 1.29 is 14.3 Å². The minimum absolute atomic E-state index is 0.00470. The molecule has 0 spiro atoms. The number of benzene rings is 1. The van der Waals surface area contributed by atoms with E-state index in [9.17, 15) is 9.59 Å². The predicted molar refractivity (Wildman–Crippen MR) is 109 cm³/mol. The van der Waals surface area contributed by atoms with Crippen LogP contribution >= 0.6 is 0 Å². The highest BCUT2D eigenvalue weighted by molar-refractivity contribution is 5.82. The molecule has 0 bridgehead atoms. The van der Waals surface area contributed by atoms with Crippen molar-refractivity contribution in [3.05, 3.63) is 59.9 Å². The number of carbonyl (C=O) groups is 2. The maximum Gasteiger partial charge on any atom is 0.225 e. The first-order valence-corrected chi connectivity index (χ1v) is 10.3. The minimum Gasteiger partial charge on any atom is -0.496 e. The van der Waals surface area contributed by atoms with Crippen molar-refractivity contribution in [1.29, 1.82) is 0 Å². The zero-order valence-electron chi connectivity index (χ0n) is 16.7. The van der Waals surface area contributed by atoms with E-state index < -0.39 is 0 Å². The van der Waals surface area contributed by atoms with Gasteiger partial charge < -0.3 is 15.0 Å². The molecular weight excluding hydrogens is 366 g/mol. The van der Waals surface area contributed by atoms with Gasteiger partial charge in [-0.2, -0.15) is 0 Å². The minimum atomic E-state index is -0.383. The molecule has 2 fully saturated rings. The lowest BCUT2D eigenvalue weighted by molar-refractivity contribution is -0.136. The zero-order valence-corrected chi connectivity index (χ0v) is 16.7. The van der Waals surface area contributed by atoms with Crippen LogP contribution in [0.2, 0.25) is 0 Å². The number of hydrogen-bond acceptors (Lipinski definition) is 4. The number of amides is 2. The molecule has 1 saturated carbocycles. The Bertz CT molecular complexity index is 859. The quantitative estimate of drug-likeness (QED) is 0.819. The Kier molecular flexibility index (Phi) is 5.79. The van der Waals surface area contributed by atoms with Crippen LogP contribution in [0.1, 0.15) is 43.0 Å². The van der Waals surface area contributed by atoms with Gasteiger partial charge in [0.05, 0.1) is 18.8 Å². The number of aromatic nitrogens is 1. The van der Waals surface area contributed by atoms with Crippen LogP contribution < -0.4 is 10.1 Å². The highest BCUT2D eigenvalue weighted by Gasteiger charge is 2.36. The largest absolute Gasteiger partial charge is 0.496 e. The summed E-state index contributed by atoms with van der Waals surface area (Å²) in [5.41, 5.74) is 1.65. The number of piperidine rings is 1. The number of rotatable bonds is 6. The molecule has 1 N–H and O–H groups in total. The summed E-state index contributed by atoms with van der Waals surface area (Å²) in [5.74, 6) is 1.13. The van der Waals surface area contributed by atoms with Gasteiger partial charge >= 0.3 is 0 Å². The summed E-state index contributed by atoms with van der Waals surface area (Å²) in [6.07, 6.45) is 5.16. The molecule has 1 aromatic carbocycles. The molecule has 2 amide bonds. The summed E-state index contributed by atoms with van der Waals surface area (Å²) in [6, 6.07) is 13.0. The van der Waals surface area contributed by atoms with Gasteiger partial charge in [-0.05, 0) is 43.9 Å². The number of pyridine rings is 1. The average Bonchev–Trinajstić information content (AvgIpc) is 3.63. The molecule has 1 atom stereocenters. The molecule has 1 saturated heterocycles. The van der Waals surface area contributed by atoms with Crippen molar-refractivity contribution in [2.24, 2.45) is 11.8 Å². The fourth-order valence-corrected chi connectivity index (χ4v) is 3.97. The molecule has 6 heteroatoms. The lowest BCUT2D eigenvalue weighted by Gasteiger charge is -2.32. The van der Waals surface area contributed by atoms with Crippen molar-refractivity contribution in [1.82, 2.24) is 15.2 Å². The number of nitrogens with one attached hydrogen (secondary N) is 1. The fraction of sp³-hybridized carbons (Fsp3) is 0.435. The van der Waals surface area contributed by atoms with Crippen molar-refractivity contribution in [3.8, 4) is 5.75 Å². The molecule has 2 heterocycles. The van der Waals surface area contributed by atoms with E-state index in [-0.39, 0.29) is 29.7 Å². The molecule has 2 aliphatic rings. The van der Waals surface area contributed by atoms with E-state index in [0.29, 0.717) is 31.7 Å². The van der Waals surface area contributed by atoms with Crippen molar-refractivity contribution in [3.63, 3.8) is 0 Å². The average molecular weight is 393 g/mol. The number of carbonyl (C=O) groups excluding carboxylic acids is 2. The van der Waals surface area contributed by atoms with Gasteiger partial charge in [0.25, 0.3) is 0 Å². The third-order valence-electron chi connectivity index (χ3n) is 5.82. The molecule has 1 aliphatic carbocycles. The summed E-state index contributed by atoms with van der Waals surface area (Å²) in [5, 5.41) is 3.19. The molecule has 1 unspecified atom stereocenters. The van der Waals surface area contributed by atoms with E-state index in [1.807, 2.05) is 47.4 Å². The molecule has 4 rings (SSSR count). The Labute approximate surface area is 171 Å². The Morgan fingerprint density at radius 3 is 2.41 bits per heavy atom. The molecular formula is C23H27N3O3. The van der Waals surface area contributed by atoms with Gasteiger partial charge in [-0.15, -0.1) is 0 Å². The first kappa shape index (κ1) is 19.4. The Morgan fingerprint density at radius 2 is 1.76 bits per heavy atom. The number of nitrogens with zero attached hydrogens (tertiary/aromatic N) is 2. The maximum atomic E-state index is 13.1. The Morgan fingerprint density at radius 1 is 1.03 bits per heavy atom. The number of likely N-dealkylation sites (tertiary alicyclic amines) is 1. The second-order valence-electron chi connectivity index (χ2n) is 7.81. The lowest BCUT2D eigenvalue weighted by Crippen LogP contribution is -2.44. The summed E-state index contributed by atoms with van der Waals surface area (Å²) >= 11 is 0. The van der Waals surface area contributed by atoms with Crippen molar-refractivity contribution in [2.75, 3.05) is 20.2 Å². The normalized spacial score (nSPS) is 18.2. The van der Waals surface area contributed by atoms with Gasteiger partial charge in [-0.1, -0.05) is 24.3 Å². The van der Waals surface area contributed by atoms with Gasteiger partial charge in [0, 0.05) is 36.7 Å². The SMILES string of the molecule is COc1ccccc1C(NC(=O)C1CCN(C(=O)C2CC2)CC1)c1ccccn1. The fourth-order valence-electron chi connectivity index (χ4n) is 3.97. The van der Waals surface area contributed by atoms with Gasteiger partial charge in [-0.25, -0.2) is 0 Å². The molecule has 1 aromatic heterocycles. The number of ether oxygens (including phenoxy) is 1. The van der Waals surface area contributed by atoms with E-state index in [1.54, 1.807) is 13.3 Å². The summed E-state index contributed by atoms with van der Waals surface area (Å²) in [7, 11) is 1.63. The highest BCUT2D eigenvalue weighted by Crippen LogP contribution is 2.33. The Balaban J connectivity index is 1.48. The van der Waals surface area contributed by atoms with Gasteiger partial charge in [-0.3, -0.25) is 14.6 Å². The highest BCUT2D eigenvalue weighted by atomic mass is 16.5. The van der Waals surface area contributed by atoms with E-state index in [0.717, 1.165) is 24.1 Å². The van der Waals surface area contributed by atoms with E-state index in [4.69, 9.17) is 4.74 Å². The molecule has 29 heavy (non-hydrogen) atoms. The van der Waals surface area contributed by atoms with Crippen LogP contribution in [0.25, 0.3) is 0 Å². The summed E-state index contributed by atoms with van der Waals surface area (Å²) in [4.78, 5) is 31.7. The van der Waals surface area contributed by atoms with E-state index in [2.05, 4.69) is 10.3 Å². The van der Waals surface area contributed by atoms with Crippen molar-refractivity contribution >= 4 is 11.8 Å². The van der Waals surface area contributed by atoms with Crippen LogP contribution in [-0.4, -0.2) is 41.9 Å². The van der Waals surface area contributed by atoms with Crippen LogP contribution in [0.5, 0.6) is 5.75 Å². The van der Waals surface area contributed by atoms with Gasteiger partial charge in [0.2, 0.25) is 11.8 Å². The van der Waals surface area contributed by atoms with E-state index >= 15 is 0 Å². The second-order valence-corrected chi connectivity index (χ2v) is 7.81. The summed E-state index contributed by atoms with van der Waals surface area (Å²) in [6.45, 7) is 1.33. The standard InChI is InChI=1S/C23H27N3O3/c1-29-20-8-3-2-6-18(20)21(19-7-4-5-13-24-19)25-22(27)16-11-14-26(15-12-16)23(28)17-9-10-17/h2-8,13,16-17,21H,9-12,14-15H2,1H3,(H,25,27). The molecule has 1 aliphatic heterocycles. The van der Waals surface area contributed by atoms with Crippen LogP contribution in [0.4, 0.5) is 0 Å². The van der Waals surface area contributed by atoms with Crippen LogP contribution in [0.3, 0.4) is 0 Å². The predicted octanol–water partition coefficient (Wildman–Crippen LogP) is 2.94. The monoisotopic (exact) mass is 393 g/mol. The summed E-state index contributed by atoms with van der Waals surface area (Å²) < 4.78 is 5.52. The number of hydrogen-bond donors (Lipinski definition) is 1. The molecule has 152 valence electrons.